The highest BCUT2D eigenvalue weighted by atomic mass is 28.3. The zero-order valence-corrected chi connectivity index (χ0v) is 16.2. The number of alkyl halides is 2. The summed E-state index contributed by atoms with van der Waals surface area (Å²) in [6.07, 6.45) is 0.143. The third kappa shape index (κ3) is 2.86. The monoisotopic (exact) mass is 354 g/mol. The fourth-order valence-electron chi connectivity index (χ4n) is 3.56. The van der Waals surface area contributed by atoms with Crippen LogP contribution >= 0.6 is 0 Å². The quantitative estimate of drug-likeness (QED) is 0.603. The summed E-state index contributed by atoms with van der Waals surface area (Å²) in [5, 5.41) is 8.50. The standard InChI is InChI=1S/C19H28F2O2Si/c1-17(2,3)24(4,5)18(23)12-11-15(13-16(22)19(18,20)21)14-9-7-6-8-10-14/h6-10,15,23H,11-13H2,1-5H3. The van der Waals surface area contributed by atoms with E-state index in [0.29, 0.717) is 6.42 Å². The zero-order chi connectivity index (χ0) is 18.4. The van der Waals surface area contributed by atoms with Crippen LogP contribution in [0, 0.1) is 0 Å². The predicted molar refractivity (Wildman–Crippen MR) is 95.1 cm³/mol. The van der Waals surface area contributed by atoms with Crippen LogP contribution in [0.4, 0.5) is 8.78 Å². The van der Waals surface area contributed by atoms with Crippen molar-refractivity contribution in [1.82, 2.24) is 0 Å². The summed E-state index contributed by atoms with van der Waals surface area (Å²) in [4.78, 5) is 12.4. The molecule has 2 unspecified atom stereocenters. The van der Waals surface area contributed by atoms with Crippen LogP contribution in [0.3, 0.4) is 0 Å². The van der Waals surface area contributed by atoms with E-state index in [4.69, 9.17) is 0 Å². The maximum Gasteiger partial charge on any atom is 0.330 e. The average Bonchev–Trinajstić information content (AvgIpc) is 2.58. The minimum Gasteiger partial charge on any atom is -0.387 e. The molecule has 0 aromatic heterocycles. The van der Waals surface area contributed by atoms with Crippen molar-refractivity contribution in [2.45, 2.75) is 75.2 Å². The van der Waals surface area contributed by atoms with E-state index in [1.54, 1.807) is 13.1 Å². The molecule has 0 aliphatic heterocycles. The van der Waals surface area contributed by atoms with Gasteiger partial charge in [-0.05, 0) is 29.4 Å². The SMILES string of the molecule is CC(C)(C)[Si](C)(C)C1(O)CCC(c2ccccc2)CC(=O)C1(F)F. The Morgan fingerprint density at radius 1 is 1.17 bits per heavy atom. The lowest BCUT2D eigenvalue weighted by atomic mass is 9.91. The van der Waals surface area contributed by atoms with Gasteiger partial charge in [0.05, 0.1) is 8.07 Å². The first-order valence-corrected chi connectivity index (χ1v) is 11.5. The summed E-state index contributed by atoms with van der Waals surface area (Å²) < 4.78 is 30.1. The summed E-state index contributed by atoms with van der Waals surface area (Å²) in [6.45, 7) is 9.21. The largest absolute Gasteiger partial charge is 0.387 e. The molecular formula is C19H28F2O2Si. The number of carbonyl (C=O) groups is 1. The second kappa shape index (κ2) is 6.02. The fourth-order valence-corrected chi connectivity index (χ4v) is 6.49. The smallest absolute Gasteiger partial charge is 0.330 e. The number of hydrogen-bond acceptors (Lipinski definition) is 2. The molecule has 2 rings (SSSR count). The molecule has 0 bridgehead atoms. The van der Waals surface area contributed by atoms with Crippen molar-refractivity contribution in [2.24, 2.45) is 0 Å². The molecule has 2 nitrogen and oxygen atoms in total. The number of ketones is 1. The third-order valence-corrected chi connectivity index (χ3v) is 12.7. The van der Waals surface area contributed by atoms with Gasteiger partial charge in [0.1, 0.15) is 5.22 Å². The molecule has 0 heterocycles. The van der Waals surface area contributed by atoms with Gasteiger partial charge < -0.3 is 5.11 Å². The van der Waals surface area contributed by atoms with Gasteiger partial charge in [-0.25, -0.2) is 0 Å². The second-order valence-corrected chi connectivity index (χ2v) is 14.2. The Hall–Kier alpha value is -1.07. The first kappa shape index (κ1) is 19.3. The first-order valence-electron chi connectivity index (χ1n) is 8.53. The molecule has 2 atom stereocenters. The number of aliphatic hydroxyl groups is 1. The second-order valence-electron chi connectivity index (χ2n) is 8.58. The molecule has 0 radical (unpaired) electrons. The van der Waals surface area contributed by atoms with Crippen LogP contribution in [0.2, 0.25) is 18.1 Å². The molecule has 0 saturated heterocycles. The molecule has 1 fully saturated rings. The molecular weight excluding hydrogens is 326 g/mol. The minimum atomic E-state index is -3.69. The van der Waals surface area contributed by atoms with Crippen LogP contribution in [0.1, 0.15) is 51.5 Å². The molecule has 24 heavy (non-hydrogen) atoms. The van der Waals surface area contributed by atoms with E-state index in [2.05, 4.69) is 0 Å². The molecule has 1 aromatic carbocycles. The van der Waals surface area contributed by atoms with Crippen molar-refractivity contribution in [2.75, 3.05) is 0 Å². The zero-order valence-electron chi connectivity index (χ0n) is 15.2. The normalized spacial score (nSPS) is 28.5. The summed E-state index contributed by atoms with van der Waals surface area (Å²) in [5.41, 5.74) is 0.890. The van der Waals surface area contributed by atoms with E-state index >= 15 is 8.78 Å². The number of hydrogen-bond donors (Lipinski definition) is 1. The van der Waals surface area contributed by atoms with Crippen molar-refractivity contribution < 1.29 is 18.7 Å². The lowest BCUT2D eigenvalue weighted by Gasteiger charge is -2.51. The van der Waals surface area contributed by atoms with Gasteiger partial charge >= 0.3 is 5.92 Å². The third-order valence-electron chi connectivity index (χ3n) is 6.34. The van der Waals surface area contributed by atoms with Crippen LogP contribution in [-0.4, -0.2) is 30.1 Å². The van der Waals surface area contributed by atoms with Crippen molar-refractivity contribution in [1.29, 1.82) is 0 Å². The van der Waals surface area contributed by atoms with Gasteiger partial charge in [0.15, 0.2) is 0 Å². The van der Waals surface area contributed by atoms with Gasteiger partial charge in [-0.2, -0.15) is 8.78 Å². The minimum absolute atomic E-state index is 0.0399. The number of Topliss-reactive ketones (excluding diaryl/α,β-unsaturated/α-hetero) is 1. The lowest BCUT2D eigenvalue weighted by Crippen LogP contribution is -2.70. The summed E-state index contributed by atoms with van der Waals surface area (Å²) in [5.74, 6) is -5.08. The van der Waals surface area contributed by atoms with Crippen LogP contribution in [0.25, 0.3) is 0 Å². The van der Waals surface area contributed by atoms with Gasteiger partial charge in [0.2, 0.25) is 5.78 Å². The van der Waals surface area contributed by atoms with Crippen LogP contribution < -0.4 is 0 Å². The number of halogens is 2. The maximum absolute atomic E-state index is 15.1. The molecule has 1 aliphatic rings. The molecule has 5 heteroatoms. The van der Waals surface area contributed by atoms with Crippen LogP contribution in [0.15, 0.2) is 30.3 Å². The predicted octanol–water partition coefficient (Wildman–Crippen LogP) is 4.94. The van der Waals surface area contributed by atoms with Crippen molar-refractivity contribution in [3.05, 3.63) is 35.9 Å². The highest BCUT2D eigenvalue weighted by molar-refractivity contribution is 6.83. The molecule has 1 saturated carbocycles. The molecule has 1 aromatic rings. The number of carbonyl (C=O) groups excluding carboxylic acids is 1. The Kier molecular flexibility index (Phi) is 4.83. The molecule has 0 amide bonds. The van der Waals surface area contributed by atoms with Gasteiger partial charge in [-0.15, -0.1) is 0 Å². The van der Waals surface area contributed by atoms with Gasteiger partial charge in [-0.1, -0.05) is 64.2 Å². The van der Waals surface area contributed by atoms with Gasteiger partial charge in [0, 0.05) is 6.42 Å². The molecule has 1 N–H and O–H groups in total. The molecule has 0 spiro atoms. The Morgan fingerprint density at radius 3 is 2.21 bits per heavy atom. The van der Waals surface area contributed by atoms with Crippen LogP contribution in [-0.2, 0) is 4.79 Å². The van der Waals surface area contributed by atoms with E-state index in [1.165, 1.54) is 0 Å². The topological polar surface area (TPSA) is 37.3 Å². The summed E-state index contributed by atoms with van der Waals surface area (Å²) >= 11 is 0. The van der Waals surface area contributed by atoms with Gasteiger partial charge in [0.25, 0.3) is 0 Å². The van der Waals surface area contributed by atoms with E-state index in [-0.39, 0.29) is 18.8 Å². The summed E-state index contributed by atoms with van der Waals surface area (Å²) in [6, 6.07) is 9.30. The maximum atomic E-state index is 15.1. The Labute approximate surface area is 144 Å². The Bertz CT molecular complexity index is 608. The lowest BCUT2D eigenvalue weighted by molar-refractivity contribution is -0.170. The van der Waals surface area contributed by atoms with Crippen LogP contribution in [0.5, 0.6) is 0 Å². The van der Waals surface area contributed by atoms with E-state index in [0.717, 1.165) is 5.56 Å². The van der Waals surface area contributed by atoms with E-state index in [1.807, 2.05) is 51.1 Å². The molecule has 1 aliphatic carbocycles. The van der Waals surface area contributed by atoms with Crippen molar-refractivity contribution in [3.63, 3.8) is 0 Å². The number of rotatable bonds is 2. The molecule has 134 valence electrons. The van der Waals surface area contributed by atoms with E-state index in [9.17, 15) is 9.90 Å². The Morgan fingerprint density at radius 2 is 1.71 bits per heavy atom. The van der Waals surface area contributed by atoms with Gasteiger partial charge in [-0.3, -0.25) is 4.79 Å². The Balaban J connectivity index is 2.47. The van der Waals surface area contributed by atoms with Crippen molar-refractivity contribution >= 4 is 13.9 Å². The highest BCUT2D eigenvalue weighted by Crippen LogP contribution is 2.53. The van der Waals surface area contributed by atoms with Crippen molar-refractivity contribution in [3.8, 4) is 0 Å². The summed E-state index contributed by atoms with van der Waals surface area (Å²) in [7, 11) is -2.88. The number of benzene rings is 1. The fraction of sp³-hybridized carbons (Fsp3) is 0.632. The van der Waals surface area contributed by atoms with E-state index < -0.39 is 30.0 Å². The highest BCUT2D eigenvalue weighted by Gasteiger charge is 2.68. The average molecular weight is 355 g/mol. The first-order chi connectivity index (χ1) is 10.8.